The number of fused-ring (bicyclic) bond motifs is 1. The smallest absolute Gasteiger partial charge is 0.397 e. The quantitative estimate of drug-likeness (QED) is 0.227. The van der Waals surface area contributed by atoms with Crippen molar-refractivity contribution < 1.29 is 38.5 Å². The molecule has 0 spiro atoms. The van der Waals surface area contributed by atoms with E-state index >= 15 is 0 Å². The van der Waals surface area contributed by atoms with E-state index in [-0.39, 0.29) is 15.5 Å². The van der Waals surface area contributed by atoms with Crippen molar-refractivity contribution in [3.8, 4) is 0 Å². The minimum absolute atomic E-state index is 0.115. The molecule has 0 saturated heterocycles. The largest absolute Gasteiger partial charge is 0.398 e. The molecule has 0 saturated carbocycles. The van der Waals surface area contributed by atoms with E-state index in [1.807, 2.05) is 0 Å². The molecule has 0 unspecified atom stereocenters. The Bertz CT molecular complexity index is 1550. The third-order valence-corrected chi connectivity index (χ3v) is 7.36. The number of sulfone groups is 1. The molecule has 4 N–H and O–H groups in total. The summed E-state index contributed by atoms with van der Waals surface area (Å²) in [6, 6.07) is 12.1. The van der Waals surface area contributed by atoms with Gasteiger partial charge in [0.25, 0.3) is 10.1 Å². The zero-order valence-corrected chi connectivity index (χ0v) is 19.0. The van der Waals surface area contributed by atoms with Gasteiger partial charge in [0.2, 0.25) is 0 Å². The second kappa shape index (κ2) is 9.12. The minimum Gasteiger partial charge on any atom is -0.398 e. The van der Waals surface area contributed by atoms with E-state index in [1.165, 1.54) is 48.5 Å². The molecule has 3 aromatic carbocycles. The van der Waals surface area contributed by atoms with Crippen molar-refractivity contribution in [3.63, 3.8) is 0 Å². The summed E-state index contributed by atoms with van der Waals surface area (Å²) in [5.74, 6) is -0.670. The molecule has 15 heteroatoms. The highest BCUT2D eigenvalue weighted by Gasteiger charge is 2.16. The number of hydrogen-bond donors (Lipinski definition) is 3. The van der Waals surface area contributed by atoms with Crippen LogP contribution in [-0.4, -0.2) is 46.7 Å². The fourth-order valence-corrected chi connectivity index (χ4v) is 4.78. The van der Waals surface area contributed by atoms with Gasteiger partial charge in [-0.25, -0.2) is 12.6 Å². The molecule has 12 nitrogen and oxygen atoms in total. The monoisotopic (exact) mass is 515 g/mol. The first-order valence-electron chi connectivity index (χ1n) is 8.92. The van der Waals surface area contributed by atoms with Crippen molar-refractivity contribution in [3.05, 3.63) is 54.6 Å². The van der Waals surface area contributed by atoms with Crippen molar-refractivity contribution in [2.24, 2.45) is 10.2 Å². The first kappa shape index (κ1) is 24.7. The van der Waals surface area contributed by atoms with Crippen LogP contribution in [0.1, 0.15) is 0 Å². The van der Waals surface area contributed by atoms with Gasteiger partial charge in [-0.1, -0.05) is 6.07 Å². The maximum atomic E-state index is 12.2. The number of nitrogen functional groups attached to an aromatic ring is 1. The average Bonchev–Trinajstić information content (AvgIpc) is 2.72. The van der Waals surface area contributed by atoms with Crippen LogP contribution >= 0.6 is 0 Å². The molecule has 0 aliphatic heterocycles. The van der Waals surface area contributed by atoms with Crippen molar-refractivity contribution in [1.29, 1.82) is 0 Å². The Morgan fingerprint density at radius 1 is 0.788 bits per heavy atom. The lowest BCUT2D eigenvalue weighted by Gasteiger charge is -2.07. The van der Waals surface area contributed by atoms with Crippen molar-refractivity contribution in [1.82, 2.24) is 0 Å². The van der Waals surface area contributed by atoms with Crippen LogP contribution in [0.5, 0.6) is 0 Å². The van der Waals surface area contributed by atoms with Crippen molar-refractivity contribution >= 4 is 58.2 Å². The van der Waals surface area contributed by atoms with Crippen LogP contribution in [0.15, 0.2) is 74.6 Å². The van der Waals surface area contributed by atoms with Crippen LogP contribution in [0.3, 0.4) is 0 Å². The van der Waals surface area contributed by atoms with E-state index < -0.39 is 42.7 Å². The Morgan fingerprint density at radius 3 is 2.03 bits per heavy atom. The summed E-state index contributed by atoms with van der Waals surface area (Å²) in [5, 5.41) is 8.95. The summed E-state index contributed by atoms with van der Waals surface area (Å²) in [5.41, 5.74) is 6.81. The van der Waals surface area contributed by atoms with E-state index in [0.717, 1.165) is 0 Å². The number of rotatable bonds is 8. The number of nitrogens with two attached hydrogens (primary N) is 1. The molecule has 0 aromatic heterocycles. The van der Waals surface area contributed by atoms with Gasteiger partial charge < -0.3 is 5.73 Å². The molecule has 0 aliphatic carbocycles. The predicted octanol–water partition coefficient (Wildman–Crippen LogP) is 2.68. The molecular formula is C18H17N3O9S3. The van der Waals surface area contributed by atoms with Crippen molar-refractivity contribution in [2.75, 3.05) is 18.1 Å². The molecule has 3 rings (SSSR count). The molecule has 0 bridgehead atoms. The summed E-state index contributed by atoms with van der Waals surface area (Å²) >= 11 is 0. The lowest BCUT2D eigenvalue weighted by atomic mass is 10.1. The second-order valence-corrected chi connectivity index (χ2v) is 11.2. The van der Waals surface area contributed by atoms with Crippen LogP contribution in [0.4, 0.5) is 17.1 Å². The molecule has 0 aliphatic rings. The lowest BCUT2D eigenvalue weighted by Crippen LogP contribution is -2.15. The molecule has 0 atom stereocenters. The van der Waals surface area contributed by atoms with Gasteiger partial charge in [0.05, 0.1) is 33.5 Å². The standard InChI is InChI=1S/C18H17N3O9S3/c19-17-7-8-18(15-6-5-14(11-16(15)17)32(24,25)26)21-20-12-1-3-13(4-2-12)31(22,23)10-9-30-33(27,28)29/h1-8,11H,9-10,19H2,(H,24,25,26)(H,27,28,29). The van der Waals surface area contributed by atoms with Gasteiger partial charge in [-0.2, -0.15) is 21.9 Å². The van der Waals surface area contributed by atoms with Crippen molar-refractivity contribution in [2.45, 2.75) is 9.79 Å². The second-order valence-electron chi connectivity index (χ2n) is 6.62. The van der Waals surface area contributed by atoms with Gasteiger partial charge in [-0.05, 0) is 48.5 Å². The van der Waals surface area contributed by atoms with Gasteiger partial charge >= 0.3 is 10.4 Å². The van der Waals surface area contributed by atoms with Crippen LogP contribution in [0.2, 0.25) is 0 Å². The van der Waals surface area contributed by atoms with E-state index in [9.17, 15) is 29.8 Å². The highest BCUT2D eigenvalue weighted by atomic mass is 32.3. The fraction of sp³-hybridized carbons (Fsp3) is 0.111. The Morgan fingerprint density at radius 2 is 1.42 bits per heavy atom. The van der Waals surface area contributed by atoms with E-state index in [2.05, 4.69) is 14.4 Å². The summed E-state index contributed by atoms with van der Waals surface area (Å²) < 4.78 is 89.9. The summed E-state index contributed by atoms with van der Waals surface area (Å²) in [6.45, 7) is -0.744. The predicted molar refractivity (Wildman–Crippen MR) is 118 cm³/mol. The zero-order valence-electron chi connectivity index (χ0n) is 16.6. The van der Waals surface area contributed by atoms with Crippen LogP contribution in [0.25, 0.3) is 10.8 Å². The molecule has 3 aromatic rings. The van der Waals surface area contributed by atoms with Crippen LogP contribution in [-0.2, 0) is 34.5 Å². The maximum Gasteiger partial charge on any atom is 0.397 e. The Hall–Kier alpha value is -2.95. The van der Waals surface area contributed by atoms with Crippen LogP contribution < -0.4 is 5.73 Å². The van der Waals surface area contributed by atoms with E-state index in [4.69, 9.17) is 10.3 Å². The van der Waals surface area contributed by atoms with Gasteiger partial charge in [-0.3, -0.25) is 9.11 Å². The third kappa shape index (κ3) is 6.31. The first-order valence-corrected chi connectivity index (χ1v) is 13.4. The Labute approximate surface area is 189 Å². The molecule has 0 radical (unpaired) electrons. The zero-order chi connectivity index (χ0) is 24.4. The molecular weight excluding hydrogens is 498 g/mol. The summed E-state index contributed by atoms with van der Waals surface area (Å²) in [6.07, 6.45) is 0. The number of azo groups is 1. The third-order valence-electron chi connectivity index (χ3n) is 4.35. The SMILES string of the molecule is Nc1ccc(N=Nc2ccc(S(=O)(=O)CCOS(=O)(=O)O)cc2)c2ccc(S(=O)(=O)O)cc12. The normalized spacial score (nSPS) is 13.0. The number of benzene rings is 3. The number of hydrogen-bond acceptors (Lipinski definition) is 10. The highest BCUT2D eigenvalue weighted by molar-refractivity contribution is 7.91. The summed E-state index contributed by atoms with van der Waals surface area (Å²) in [4.78, 5) is -0.439. The Kier molecular flexibility index (Phi) is 6.83. The number of nitrogens with zero attached hydrogens (tertiary/aromatic N) is 2. The summed E-state index contributed by atoms with van der Waals surface area (Å²) in [7, 11) is -13.0. The van der Waals surface area contributed by atoms with Crippen LogP contribution in [0, 0.1) is 0 Å². The number of anilines is 1. The molecule has 176 valence electrons. The minimum atomic E-state index is -4.74. The van der Waals surface area contributed by atoms with E-state index in [1.54, 1.807) is 6.07 Å². The molecule has 33 heavy (non-hydrogen) atoms. The first-order chi connectivity index (χ1) is 15.3. The average molecular weight is 516 g/mol. The lowest BCUT2D eigenvalue weighted by molar-refractivity contribution is 0.284. The molecule has 0 fully saturated rings. The van der Waals surface area contributed by atoms with Gasteiger partial charge in [0.1, 0.15) is 0 Å². The molecule has 0 amide bonds. The maximum absolute atomic E-state index is 12.2. The van der Waals surface area contributed by atoms with Gasteiger partial charge in [0.15, 0.2) is 9.84 Å². The van der Waals surface area contributed by atoms with E-state index in [0.29, 0.717) is 22.1 Å². The fourth-order valence-electron chi connectivity index (χ4n) is 2.78. The topological polar surface area (TPSA) is 203 Å². The Balaban J connectivity index is 1.83. The van der Waals surface area contributed by atoms with Gasteiger partial charge in [-0.15, -0.1) is 5.11 Å². The highest BCUT2D eigenvalue weighted by Crippen LogP contribution is 2.33. The van der Waals surface area contributed by atoms with Gasteiger partial charge in [0, 0.05) is 16.5 Å². The molecule has 0 heterocycles.